The minimum Gasteiger partial charge on any atom is -0.341 e. The summed E-state index contributed by atoms with van der Waals surface area (Å²) in [7, 11) is 2.11. The summed E-state index contributed by atoms with van der Waals surface area (Å²) in [4.78, 5) is 17.0. The number of piperidine rings is 1. The first-order valence-electron chi connectivity index (χ1n) is 7.91. The molecule has 0 aromatic heterocycles. The van der Waals surface area contributed by atoms with Gasteiger partial charge in [0.1, 0.15) is 0 Å². The zero-order chi connectivity index (χ0) is 13.7. The highest BCUT2D eigenvalue weighted by atomic mass is 16.2. The van der Waals surface area contributed by atoms with Crippen molar-refractivity contribution in [2.45, 2.75) is 45.1 Å². The van der Waals surface area contributed by atoms with Gasteiger partial charge in [-0.15, -0.1) is 0 Å². The van der Waals surface area contributed by atoms with Crippen LogP contribution in [0.4, 0.5) is 0 Å². The molecular weight excluding hydrogens is 238 g/mol. The maximum Gasteiger partial charge on any atom is 0.227 e. The third kappa shape index (κ3) is 4.18. The zero-order valence-electron chi connectivity index (χ0n) is 12.5. The van der Waals surface area contributed by atoms with E-state index in [-0.39, 0.29) is 5.92 Å². The van der Waals surface area contributed by atoms with E-state index in [1.54, 1.807) is 0 Å². The third-order valence-electron chi connectivity index (χ3n) is 4.40. The van der Waals surface area contributed by atoms with Crippen LogP contribution in [0.15, 0.2) is 0 Å². The van der Waals surface area contributed by atoms with Crippen LogP contribution in [0.5, 0.6) is 0 Å². The fraction of sp³-hybridized carbons (Fsp3) is 0.933. The van der Waals surface area contributed by atoms with Crippen LogP contribution in [0.1, 0.15) is 39.0 Å². The number of hydrogen-bond acceptors (Lipinski definition) is 3. The van der Waals surface area contributed by atoms with Gasteiger partial charge in [-0.1, -0.05) is 13.3 Å². The van der Waals surface area contributed by atoms with E-state index in [9.17, 15) is 4.79 Å². The molecule has 2 unspecified atom stereocenters. The smallest absolute Gasteiger partial charge is 0.227 e. The number of nitrogens with zero attached hydrogens (tertiary/aromatic N) is 2. The molecule has 1 N–H and O–H groups in total. The minimum absolute atomic E-state index is 0.236. The normalized spacial score (nSPS) is 28.5. The second kappa shape index (κ2) is 7.25. The molecule has 0 spiro atoms. The van der Waals surface area contributed by atoms with Crippen molar-refractivity contribution in [3.8, 4) is 0 Å². The highest BCUT2D eigenvalue weighted by Gasteiger charge is 2.30. The second-order valence-electron chi connectivity index (χ2n) is 6.18. The molecule has 0 aromatic carbocycles. The Balaban J connectivity index is 1.88. The molecule has 0 saturated carbocycles. The van der Waals surface area contributed by atoms with E-state index in [1.165, 1.54) is 19.3 Å². The number of amides is 1. The summed E-state index contributed by atoms with van der Waals surface area (Å²) in [6, 6.07) is 0.517. The average Bonchev–Trinajstić information content (AvgIpc) is 2.85. The molecular formula is C15H29N3O. The van der Waals surface area contributed by atoms with Gasteiger partial charge in [0.15, 0.2) is 0 Å². The number of hydrogen-bond donors (Lipinski definition) is 1. The lowest BCUT2D eigenvalue weighted by Gasteiger charge is -2.32. The monoisotopic (exact) mass is 267 g/mol. The molecule has 4 nitrogen and oxygen atoms in total. The molecule has 1 amide bonds. The third-order valence-corrected chi connectivity index (χ3v) is 4.40. The van der Waals surface area contributed by atoms with E-state index in [4.69, 9.17) is 0 Å². The van der Waals surface area contributed by atoms with Gasteiger partial charge in [-0.05, 0) is 45.8 Å². The fourth-order valence-electron chi connectivity index (χ4n) is 3.30. The predicted molar refractivity (Wildman–Crippen MR) is 78.1 cm³/mol. The van der Waals surface area contributed by atoms with Gasteiger partial charge < -0.3 is 15.1 Å². The topological polar surface area (TPSA) is 35.6 Å². The number of likely N-dealkylation sites (tertiary alicyclic amines) is 1. The summed E-state index contributed by atoms with van der Waals surface area (Å²) in [6.07, 6.45) is 5.90. The van der Waals surface area contributed by atoms with E-state index in [1.807, 2.05) is 0 Å². The molecule has 2 aliphatic rings. The van der Waals surface area contributed by atoms with Crippen molar-refractivity contribution in [2.75, 3.05) is 39.8 Å². The lowest BCUT2D eigenvalue weighted by molar-refractivity contribution is -0.135. The van der Waals surface area contributed by atoms with Gasteiger partial charge >= 0.3 is 0 Å². The van der Waals surface area contributed by atoms with Crippen LogP contribution in [-0.4, -0.2) is 61.5 Å². The summed E-state index contributed by atoms with van der Waals surface area (Å²) < 4.78 is 0. The van der Waals surface area contributed by atoms with Crippen molar-refractivity contribution in [3.05, 3.63) is 0 Å². The molecule has 110 valence electrons. The maximum absolute atomic E-state index is 12.6. The average molecular weight is 267 g/mol. The molecule has 2 saturated heterocycles. The second-order valence-corrected chi connectivity index (χ2v) is 6.18. The quantitative estimate of drug-likeness (QED) is 0.816. The maximum atomic E-state index is 12.6. The molecule has 19 heavy (non-hydrogen) atoms. The van der Waals surface area contributed by atoms with E-state index >= 15 is 0 Å². The van der Waals surface area contributed by atoms with E-state index in [0.29, 0.717) is 11.9 Å². The summed E-state index contributed by atoms with van der Waals surface area (Å²) in [6.45, 7) is 7.11. The molecule has 2 aliphatic heterocycles. The van der Waals surface area contributed by atoms with Gasteiger partial charge in [-0.25, -0.2) is 0 Å². The molecule has 2 fully saturated rings. The largest absolute Gasteiger partial charge is 0.341 e. The Morgan fingerprint density at radius 1 is 1.37 bits per heavy atom. The highest BCUT2D eigenvalue weighted by Crippen LogP contribution is 2.18. The van der Waals surface area contributed by atoms with Gasteiger partial charge in [-0.2, -0.15) is 0 Å². The van der Waals surface area contributed by atoms with Crippen LogP contribution in [0, 0.1) is 5.92 Å². The number of rotatable bonds is 5. The predicted octanol–water partition coefficient (Wildman–Crippen LogP) is 1.32. The zero-order valence-corrected chi connectivity index (χ0v) is 12.5. The SMILES string of the molecule is CCCN(CC1CCCCN1)C(=O)C1CCN(C)C1. The molecule has 4 heteroatoms. The first-order chi connectivity index (χ1) is 9.20. The first kappa shape index (κ1) is 14.8. The standard InChI is InChI=1S/C15H29N3O/c1-3-9-18(12-14-6-4-5-8-16-14)15(19)13-7-10-17(2)11-13/h13-14,16H,3-12H2,1-2H3. The number of nitrogens with one attached hydrogen (secondary N) is 1. The van der Waals surface area contributed by atoms with Gasteiger partial charge in [0.05, 0.1) is 5.92 Å². The Labute approximate surface area is 117 Å². The van der Waals surface area contributed by atoms with Gasteiger partial charge in [-0.3, -0.25) is 4.79 Å². The molecule has 0 aliphatic carbocycles. The highest BCUT2D eigenvalue weighted by molar-refractivity contribution is 5.79. The molecule has 0 aromatic rings. The lowest BCUT2D eigenvalue weighted by Crippen LogP contribution is -2.47. The van der Waals surface area contributed by atoms with Crippen molar-refractivity contribution < 1.29 is 4.79 Å². The number of carbonyl (C=O) groups is 1. The summed E-state index contributed by atoms with van der Waals surface area (Å²) in [5.74, 6) is 0.624. The van der Waals surface area contributed by atoms with E-state index in [2.05, 4.69) is 29.1 Å². The summed E-state index contributed by atoms with van der Waals surface area (Å²) in [5, 5.41) is 3.56. The molecule has 0 radical (unpaired) electrons. The van der Waals surface area contributed by atoms with Crippen LogP contribution >= 0.6 is 0 Å². The van der Waals surface area contributed by atoms with Crippen LogP contribution in [-0.2, 0) is 4.79 Å². The van der Waals surface area contributed by atoms with Gasteiger partial charge in [0.25, 0.3) is 0 Å². The molecule has 2 heterocycles. The summed E-state index contributed by atoms with van der Waals surface area (Å²) in [5.41, 5.74) is 0. The Morgan fingerprint density at radius 2 is 2.21 bits per heavy atom. The van der Waals surface area contributed by atoms with Gasteiger partial charge in [0, 0.05) is 25.7 Å². The van der Waals surface area contributed by atoms with Crippen molar-refractivity contribution in [1.82, 2.24) is 15.1 Å². The van der Waals surface area contributed by atoms with Crippen molar-refractivity contribution >= 4 is 5.91 Å². The van der Waals surface area contributed by atoms with E-state index in [0.717, 1.165) is 45.6 Å². The fourth-order valence-corrected chi connectivity index (χ4v) is 3.30. The van der Waals surface area contributed by atoms with E-state index < -0.39 is 0 Å². The lowest BCUT2D eigenvalue weighted by atomic mass is 10.0. The molecule has 0 bridgehead atoms. The minimum atomic E-state index is 0.236. The van der Waals surface area contributed by atoms with Crippen molar-refractivity contribution in [2.24, 2.45) is 5.92 Å². The Morgan fingerprint density at radius 3 is 2.79 bits per heavy atom. The Kier molecular flexibility index (Phi) is 5.64. The van der Waals surface area contributed by atoms with Crippen LogP contribution in [0.2, 0.25) is 0 Å². The number of carbonyl (C=O) groups excluding carboxylic acids is 1. The Hall–Kier alpha value is -0.610. The Bertz CT molecular complexity index is 289. The molecule has 2 rings (SSSR count). The van der Waals surface area contributed by atoms with Gasteiger partial charge in [0.2, 0.25) is 5.91 Å². The van der Waals surface area contributed by atoms with Crippen molar-refractivity contribution in [3.63, 3.8) is 0 Å². The van der Waals surface area contributed by atoms with Crippen LogP contribution in [0.25, 0.3) is 0 Å². The molecule has 2 atom stereocenters. The van der Waals surface area contributed by atoms with Crippen LogP contribution < -0.4 is 5.32 Å². The first-order valence-corrected chi connectivity index (χ1v) is 7.91. The van der Waals surface area contributed by atoms with Crippen LogP contribution in [0.3, 0.4) is 0 Å². The van der Waals surface area contributed by atoms with Crippen molar-refractivity contribution in [1.29, 1.82) is 0 Å². The summed E-state index contributed by atoms with van der Waals surface area (Å²) >= 11 is 0.